The number of Topliss-reactive ketones (excluding diaryl/α,β-unsaturated/α-hetero) is 1. The Morgan fingerprint density at radius 1 is 1.12 bits per heavy atom. The highest BCUT2D eigenvalue weighted by molar-refractivity contribution is 6.08. The number of benzene rings is 2. The van der Waals surface area contributed by atoms with E-state index in [0.717, 1.165) is 28.0 Å². The summed E-state index contributed by atoms with van der Waals surface area (Å²) in [6.45, 7) is 8.92. The third-order valence-electron chi connectivity index (χ3n) is 6.82. The summed E-state index contributed by atoms with van der Waals surface area (Å²) in [6, 6.07) is 10.2. The van der Waals surface area contributed by atoms with E-state index in [9.17, 15) is 32.8 Å². The molecule has 0 spiro atoms. The van der Waals surface area contributed by atoms with Gasteiger partial charge in [0.15, 0.2) is 11.6 Å². The quantitative estimate of drug-likeness (QED) is 0.381. The Labute approximate surface area is 247 Å². The van der Waals surface area contributed by atoms with Gasteiger partial charge in [-0.2, -0.15) is 18.4 Å². The monoisotopic (exact) mass is 599 g/mol. The molecule has 0 radical (unpaired) electrons. The smallest absolute Gasteiger partial charge is 0.416 e. The van der Waals surface area contributed by atoms with E-state index >= 15 is 0 Å². The number of nitrogens with zero attached hydrogens (tertiary/aromatic N) is 3. The number of anilines is 1. The first-order valence-corrected chi connectivity index (χ1v) is 13.5. The summed E-state index contributed by atoms with van der Waals surface area (Å²) in [5, 5.41) is 9.32. The molecule has 2 atom stereocenters. The Morgan fingerprint density at radius 2 is 1.77 bits per heavy atom. The van der Waals surface area contributed by atoms with Crippen molar-refractivity contribution in [3.63, 3.8) is 0 Å². The van der Waals surface area contributed by atoms with Gasteiger partial charge in [0.2, 0.25) is 0 Å². The van der Waals surface area contributed by atoms with Crippen molar-refractivity contribution in [3.8, 4) is 6.07 Å². The number of halogens is 3. The third kappa shape index (κ3) is 6.89. The van der Waals surface area contributed by atoms with E-state index in [1.54, 1.807) is 46.8 Å². The average Bonchev–Trinajstić information content (AvgIpc) is 3.28. The molecule has 2 heterocycles. The van der Waals surface area contributed by atoms with Gasteiger partial charge in [0.1, 0.15) is 18.2 Å². The van der Waals surface area contributed by atoms with Gasteiger partial charge in [-0.3, -0.25) is 14.5 Å². The predicted octanol–water partition coefficient (Wildman–Crippen LogP) is 5.90. The minimum Gasteiger partial charge on any atom is -0.459 e. The molecule has 0 bridgehead atoms. The largest absolute Gasteiger partial charge is 0.459 e. The van der Waals surface area contributed by atoms with E-state index in [1.807, 2.05) is 6.07 Å². The molecule has 2 amide bonds. The van der Waals surface area contributed by atoms with E-state index in [0.29, 0.717) is 11.1 Å². The highest BCUT2D eigenvalue weighted by Crippen LogP contribution is 2.42. The average molecular weight is 600 g/mol. The summed E-state index contributed by atoms with van der Waals surface area (Å²) in [5.41, 5.74) is -1.29. The molecule has 0 aliphatic carbocycles. The van der Waals surface area contributed by atoms with Crippen molar-refractivity contribution < 1.29 is 41.8 Å². The van der Waals surface area contributed by atoms with Crippen LogP contribution in [0.3, 0.4) is 0 Å². The number of hydrogen-bond acceptors (Lipinski definition) is 7. The summed E-state index contributed by atoms with van der Waals surface area (Å²) in [4.78, 5) is 43.6. The van der Waals surface area contributed by atoms with Crippen LogP contribution in [0, 0.1) is 11.3 Å². The van der Waals surface area contributed by atoms with Gasteiger partial charge >= 0.3 is 18.2 Å². The standard InChI is InChI=1S/C31H32F3N3O6/c1-18-25(27(39)23-17-41-30(5,6)42-23)26(20-12-10-19(15-35)11-13-20)36(16-24(38)43-29(2,3)4)28(40)37(18)22-9-7-8-21(14-22)31(32,33)34/h7-14,23,26H,16-17H2,1-6H3. The molecular formula is C31H32F3N3O6. The first kappa shape index (κ1) is 31.7. The Morgan fingerprint density at radius 3 is 2.30 bits per heavy atom. The molecule has 0 aromatic heterocycles. The Kier molecular flexibility index (Phi) is 8.46. The second-order valence-corrected chi connectivity index (χ2v) is 11.7. The lowest BCUT2D eigenvalue weighted by molar-refractivity contribution is -0.156. The molecule has 228 valence electrons. The second kappa shape index (κ2) is 11.5. The fourth-order valence-electron chi connectivity index (χ4n) is 5.04. The molecule has 1 saturated heterocycles. The highest BCUT2D eigenvalue weighted by atomic mass is 19.4. The molecule has 0 saturated carbocycles. The first-order valence-electron chi connectivity index (χ1n) is 13.5. The zero-order valence-electron chi connectivity index (χ0n) is 24.6. The lowest BCUT2D eigenvalue weighted by Gasteiger charge is -2.43. The van der Waals surface area contributed by atoms with Gasteiger partial charge in [0.25, 0.3) is 0 Å². The second-order valence-electron chi connectivity index (χ2n) is 11.7. The number of esters is 1. The zero-order valence-corrected chi connectivity index (χ0v) is 24.6. The van der Waals surface area contributed by atoms with Gasteiger partial charge in [-0.25, -0.2) is 4.79 Å². The molecule has 2 aliphatic heterocycles. The lowest BCUT2D eigenvalue weighted by Crippen LogP contribution is -2.53. The molecule has 2 aliphatic rings. The normalized spacial score (nSPS) is 20.7. The summed E-state index contributed by atoms with van der Waals surface area (Å²) in [7, 11) is 0. The van der Waals surface area contributed by atoms with Crippen LogP contribution in [-0.2, 0) is 30.0 Å². The van der Waals surface area contributed by atoms with Crippen molar-refractivity contribution in [1.82, 2.24) is 4.90 Å². The molecule has 4 rings (SSSR count). The van der Waals surface area contributed by atoms with Gasteiger partial charge in [-0.1, -0.05) is 18.2 Å². The highest BCUT2D eigenvalue weighted by Gasteiger charge is 2.47. The van der Waals surface area contributed by atoms with E-state index < -0.39 is 59.6 Å². The van der Waals surface area contributed by atoms with Crippen LogP contribution in [0.2, 0.25) is 0 Å². The predicted molar refractivity (Wildman–Crippen MR) is 148 cm³/mol. The van der Waals surface area contributed by atoms with E-state index in [1.165, 1.54) is 25.1 Å². The summed E-state index contributed by atoms with van der Waals surface area (Å²) in [5.74, 6) is -2.45. The maximum absolute atomic E-state index is 14.2. The van der Waals surface area contributed by atoms with Gasteiger partial charge in [0.05, 0.1) is 35.5 Å². The van der Waals surface area contributed by atoms with Crippen LogP contribution in [0.15, 0.2) is 59.8 Å². The fourth-order valence-corrected chi connectivity index (χ4v) is 5.04. The molecule has 2 aromatic carbocycles. The number of carbonyl (C=O) groups excluding carboxylic acids is 3. The SMILES string of the molecule is CC1=C(C(=O)C2COC(C)(C)O2)C(c2ccc(C#N)cc2)N(CC(=O)OC(C)(C)C)C(=O)N1c1cccc(C(F)(F)F)c1. The maximum Gasteiger partial charge on any atom is 0.416 e. The number of hydrogen-bond donors (Lipinski definition) is 0. The zero-order chi connectivity index (χ0) is 31.9. The molecule has 2 unspecified atom stereocenters. The van der Waals surface area contributed by atoms with Gasteiger partial charge in [0, 0.05) is 11.3 Å². The fraction of sp³-hybridized carbons (Fsp3) is 0.419. The number of rotatable bonds is 6. The number of ether oxygens (including phenoxy) is 3. The minimum atomic E-state index is -4.70. The summed E-state index contributed by atoms with van der Waals surface area (Å²) in [6.07, 6.45) is -5.80. The number of allylic oxidation sites excluding steroid dienone is 1. The van der Waals surface area contributed by atoms with E-state index in [-0.39, 0.29) is 23.6 Å². The van der Waals surface area contributed by atoms with E-state index in [2.05, 4.69) is 0 Å². The molecule has 9 nitrogen and oxygen atoms in total. The number of ketones is 1. The number of nitriles is 1. The maximum atomic E-state index is 14.2. The first-order chi connectivity index (χ1) is 19.9. The summed E-state index contributed by atoms with van der Waals surface area (Å²) >= 11 is 0. The van der Waals surface area contributed by atoms with Crippen molar-refractivity contribution >= 4 is 23.5 Å². The number of urea groups is 1. The molecule has 1 fully saturated rings. The Bertz CT molecular complexity index is 1500. The number of amides is 2. The van der Waals surface area contributed by atoms with Crippen molar-refractivity contribution in [2.24, 2.45) is 0 Å². The lowest BCUT2D eigenvalue weighted by atomic mass is 9.88. The van der Waals surface area contributed by atoms with Crippen LogP contribution in [0.5, 0.6) is 0 Å². The number of carbonyl (C=O) groups is 3. The topological polar surface area (TPSA) is 109 Å². The van der Waals surface area contributed by atoms with Crippen molar-refractivity contribution in [1.29, 1.82) is 5.26 Å². The van der Waals surface area contributed by atoms with Crippen molar-refractivity contribution in [3.05, 3.63) is 76.5 Å². The van der Waals surface area contributed by atoms with Crippen LogP contribution in [0.1, 0.15) is 64.3 Å². The minimum absolute atomic E-state index is 0.0107. The number of alkyl halides is 3. The van der Waals surface area contributed by atoms with Gasteiger partial charge < -0.3 is 19.1 Å². The van der Waals surface area contributed by atoms with Crippen LogP contribution >= 0.6 is 0 Å². The molecule has 43 heavy (non-hydrogen) atoms. The van der Waals surface area contributed by atoms with Crippen LogP contribution in [-0.4, -0.2) is 53.3 Å². The molecule has 12 heteroatoms. The van der Waals surface area contributed by atoms with Gasteiger partial charge in [-0.05, 0) is 77.4 Å². The molecule has 2 aromatic rings. The van der Waals surface area contributed by atoms with Crippen LogP contribution in [0.4, 0.5) is 23.7 Å². The Balaban J connectivity index is 1.95. The molecular weight excluding hydrogens is 567 g/mol. The third-order valence-corrected chi connectivity index (χ3v) is 6.82. The van der Waals surface area contributed by atoms with Crippen LogP contribution in [0.25, 0.3) is 0 Å². The van der Waals surface area contributed by atoms with E-state index in [4.69, 9.17) is 14.2 Å². The van der Waals surface area contributed by atoms with Crippen LogP contribution < -0.4 is 4.90 Å². The molecule has 0 N–H and O–H groups in total. The van der Waals surface area contributed by atoms with Gasteiger partial charge in [-0.15, -0.1) is 0 Å². The van der Waals surface area contributed by atoms with Crippen molar-refractivity contribution in [2.75, 3.05) is 18.1 Å². The Hall–Kier alpha value is -4.21. The summed E-state index contributed by atoms with van der Waals surface area (Å²) < 4.78 is 57.9. The van der Waals surface area contributed by atoms with Crippen molar-refractivity contribution in [2.45, 2.75) is 71.3 Å².